The molecule has 0 N–H and O–H groups in total. The standard InChI is InChI=1S/C24H28N2O2/c1-24(2,19-9-4-3-5-10-19)14-12-22(27)25-16-21-20-11-7-6-8-18(20)13-15-26(21)23(28)17-25/h3-11,21H,12-17H2,1-2H3. The van der Waals surface area contributed by atoms with Crippen molar-refractivity contribution in [3.63, 3.8) is 0 Å². The first kappa shape index (κ1) is 18.7. The van der Waals surface area contributed by atoms with Gasteiger partial charge in [-0.25, -0.2) is 0 Å². The Labute approximate surface area is 167 Å². The Morgan fingerprint density at radius 1 is 1.07 bits per heavy atom. The van der Waals surface area contributed by atoms with Gasteiger partial charge in [0.2, 0.25) is 11.8 Å². The van der Waals surface area contributed by atoms with Crippen molar-refractivity contribution in [2.45, 2.75) is 44.6 Å². The van der Waals surface area contributed by atoms with E-state index in [-0.39, 0.29) is 29.8 Å². The molecular weight excluding hydrogens is 348 g/mol. The molecule has 4 rings (SSSR count). The van der Waals surface area contributed by atoms with Gasteiger partial charge in [-0.3, -0.25) is 9.59 Å². The average molecular weight is 377 g/mol. The lowest BCUT2D eigenvalue weighted by atomic mass is 9.80. The second kappa shape index (κ2) is 7.42. The van der Waals surface area contributed by atoms with E-state index in [1.54, 1.807) is 4.90 Å². The summed E-state index contributed by atoms with van der Waals surface area (Å²) in [6.07, 6.45) is 2.13. The summed E-state index contributed by atoms with van der Waals surface area (Å²) in [5.41, 5.74) is 3.67. The molecule has 1 unspecified atom stereocenters. The van der Waals surface area contributed by atoms with Gasteiger partial charge in [0, 0.05) is 19.5 Å². The van der Waals surface area contributed by atoms with Crippen molar-refractivity contribution >= 4 is 11.8 Å². The SMILES string of the molecule is CC(C)(CCC(=O)N1CC(=O)N2CCc3ccccc3C2C1)c1ccccc1. The van der Waals surface area contributed by atoms with Gasteiger partial charge in [0.1, 0.15) is 0 Å². The number of benzene rings is 2. The maximum atomic E-state index is 13.0. The van der Waals surface area contributed by atoms with E-state index in [2.05, 4.69) is 38.1 Å². The van der Waals surface area contributed by atoms with Crippen molar-refractivity contribution in [3.05, 3.63) is 71.3 Å². The van der Waals surface area contributed by atoms with Gasteiger partial charge in [0.05, 0.1) is 12.6 Å². The zero-order valence-corrected chi connectivity index (χ0v) is 16.7. The lowest BCUT2D eigenvalue weighted by Gasteiger charge is -2.44. The summed E-state index contributed by atoms with van der Waals surface area (Å²) in [7, 11) is 0. The molecule has 0 spiro atoms. The highest BCUT2D eigenvalue weighted by molar-refractivity contribution is 5.86. The predicted molar refractivity (Wildman–Crippen MR) is 110 cm³/mol. The second-order valence-corrected chi connectivity index (χ2v) is 8.58. The lowest BCUT2D eigenvalue weighted by Crippen LogP contribution is -2.55. The Kier molecular flexibility index (Phi) is 4.96. The summed E-state index contributed by atoms with van der Waals surface area (Å²) in [5.74, 6) is 0.154. The summed E-state index contributed by atoms with van der Waals surface area (Å²) in [6, 6.07) is 18.6. The highest BCUT2D eigenvalue weighted by atomic mass is 16.2. The van der Waals surface area contributed by atoms with E-state index < -0.39 is 0 Å². The molecule has 0 aromatic heterocycles. The van der Waals surface area contributed by atoms with Crippen LogP contribution in [-0.4, -0.2) is 41.2 Å². The fraction of sp³-hybridized carbons (Fsp3) is 0.417. The Morgan fingerprint density at radius 2 is 1.79 bits per heavy atom. The maximum Gasteiger partial charge on any atom is 0.242 e. The molecule has 1 atom stereocenters. The molecule has 4 heteroatoms. The normalized spacial score (nSPS) is 19.2. The number of piperazine rings is 1. The number of hydrogen-bond acceptors (Lipinski definition) is 2. The summed E-state index contributed by atoms with van der Waals surface area (Å²) in [6.45, 7) is 5.92. The fourth-order valence-corrected chi connectivity index (χ4v) is 4.48. The fourth-order valence-electron chi connectivity index (χ4n) is 4.48. The molecule has 1 fully saturated rings. The lowest BCUT2D eigenvalue weighted by molar-refractivity contribution is -0.149. The Bertz CT molecular complexity index is 875. The highest BCUT2D eigenvalue weighted by Gasteiger charge is 2.38. The number of carbonyl (C=O) groups is 2. The van der Waals surface area contributed by atoms with Crippen LogP contribution >= 0.6 is 0 Å². The molecule has 2 aliphatic rings. The number of rotatable bonds is 4. The van der Waals surface area contributed by atoms with E-state index in [9.17, 15) is 9.59 Å². The van der Waals surface area contributed by atoms with Gasteiger partial charge in [-0.1, -0.05) is 68.4 Å². The van der Waals surface area contributed by atoms with Crippen molar-refractivity contribution < 1.29 is 9.59 Å². The first-order chi connectivity index (χ1) is 13.5. The first-order valence-electron chi connectivity index (χ1n) is 10.2. The van der Waals surface area contributed by atoms with Gasteiger partial charge in [0.15, 0.2) is 0 Å². The van der Waals surface area contributed by atoms with Gasteiger partial charge in [-0.2, -0.15) is 0 Å². The molecule has 2 aromatic carbocycles. The van der Waals surface area contributed by atoms with E-state index >= 15 is 0 Å². The minimum atomic E-state index is -0.0693. The predicted octanol–water partition coefficient (Wildman–Crippen LogP) is 3.71. The van der Waals surface area contributed by atoms with Crippen LogP contribution in [0.4, 0.5) is 0 Å². The van der Waals surface area contributed by atoms with Crippen LogP contribution in [0.25, 0.3) is 0 Å². The van der Waals surface area contributed by atoms with E-state index in [0.29, 0.717) is 13.0 Å². The molecule has 2 aliphatic heterocycles. The molecule has 0 saturated carbocycles. The van der Waals surface area contributed by atoms with Gasteiger partial charge in [0.25, 0.3) is 0 Å². The molecule has 146 valence electrons. The monoisotopic (exact) mass is 376 g/mol. The third-order valence-corrected chi connectivity index (χ3v) is 6.32. The maximum absolute atomic E-state index is 13.0. The largest absolute Gasteiger partial charge is 0.332 e. The number of hydrogen-bond donors (Lipinski definition) is 0. The minimum Gasteiger partial charge on any atom is -0.332 e. The zero-order chi connectivity index (χ0) is 19.7. The van der Waals surface area contributed by atoms with E-state index in [1.807, 2.05) is 35.2 Å². The Balaban J connectivity index is 1.45. The van der Waals surface area contributed by atoms with Gasteiger partial charge < -0.3 is 9.80 Å². The summed E-state index contributed by atoms with van der Waals surface area (Å²) in [4.78, 5) is 29.4. The highest BCUT2D eigenvalue weighted by Crippen LogP contribution is 2.34. The minimum absolute atomic E-state index is 0.00252. The number of amides is 2. The second-order valence-electron chi connectivity index (χ2n) is 8.58. The van der Waals surface area contributed by atoms with Crippen molar-refractivity contribution in [2.75, 3.05) is 19.6 Å². The van der Waals surface area contributed by atoms with Gasteiger partial charge in [-0.05, 0) is 34.9 Å². The first-order valence-corrected chi connectivity index (χ1v) is 10.2. The molecule has 2 amide bonds. The molecule has 2 aromatic rings. The summed E-state index contributed by atoms with van der Waals surface area (Å²) >= 11 is 0. The topological polar surface area (TPSA) is 40.6 Å². The van der Waals surface area contributed by atoms with Crippen molar-refractivity contribution in [2.24, 2.45) is 0 Å². The van der Waals surface area contributed by atoms with Crippen LogP contribution < -0.4 is 0 Å². The molecule has 0 bridgehead atoms. The molecule has 2 heterocycles. The van der Waals surface area contributed by atoms with Crippen LogP contribution in [0.15, 0.2) is 54.6 Å². The summed E-state index contributed by atoms with van der Waals surface area (Å²) in [5, 5.41) is 0. The van der Waals surface area contributed by atoms with E-state index in [4.69, 9.17) is 0 Å². The third-order valence-electron chi connectivity index (χ3n) is 6.32. The molecular formula is C24H28N2O2. The summed E-state index contributed by atoms with van der Waals surface area (Å²) < 4.78 is 0. The quantitative estimate of drug-likeness (QED) is 0.816. The smallest absolute Gasteiger partial charge is 0.242 e. The average Bonchev–Trinajstić information content (AvgIpc) is 2.72. The van der Waals surface area contributed by atoms with Gasteiger partial charge >= 0.3 is 0 Å². The van der Waals surface area contributed by atoms with Gasteiger partial charge in [-0.15, -0.1) is 0 Å². The van der Waals surface area contributed by atoms with Crippen LogP contribution in [0.5, 0.6) is 0 Å². The molecule has 1 saturated heterocycles. The molecule has 0 aliphatic carbocycles. The number of fused-ring (bicyclic) bond motifs is 3. The van der Waals surface area contributed by atoms with Crippen molar-refractivity contribution in [1.82, 2.24) is 9.80 Å². The van der Waals surface area contributed by atoms with Crippen LogP contribution in [-0.2, 0) is 21.4 Å². The zero-order valence-electron chi connectivity index (χ0n) is 16.7. The van der Waals surface area contributed by atoms with Crippen molar-refractivity contribution in [3.8, 4) is 0 Å². The Morgan fingerprint density at radius 3 is 2.57 bits per heavy atom. The number of nitrogens with zero attached hydrogens (tertiary/aromatic N) is 2. The van der Waals surface area contributed by atoms with Crippen LogP contribution in [0.3, 0.4) is 0 Å². The molecule has 28 heavy (non-hydrogen) atoms. The molecule has 0 radical (unpaired) electrons. The van der Waals surface area contributed by atoms with Crippen LogP contribution in [0.2, 0.25) is 0 Å². The molecule has 4 nitrogen and oxygen atoms in total. The third kappa shape index (κ3) is 3.56. The Hall–Kier alpha value is -2.62. The van der Waals surface area contributed by atoms with Crippen LogP contribution in [0.1, 0.15) is 49.4 Å². The van der Waals surface area contributed by atoms with Crippen LogP contribution in [0, 0.1) is 0 Å². The van der Waals surface area contributed by atoms with E-state index in [0.717, 1.165) is 19.4 Å². The number of carbonyl (C=O) groups excluding carboxylic acids is 2. The van der Waals surface area contributed by atoms with Crippen molar-refractivity contribution in [1.29, 1.82) is 0 Å². The van der Waals surface area contributed by atoms with E-state index in [1.165, 1.54) is 16.7 Å².